The average molecular weight is 280 g/mol. The summed E-state index contributed by atoms with van der Waals surface area (Å²) in [7, 11) is 1.72. The van der Waals surface area contributed by atoms with Gasteiger partial charge in [0.25, 0.3) is 0 Å². The minimum atomic E-state index is -0.514. The fourth-order valence-electron chi connectivity index (χ4n) is 1.71. The average Bonchev–Trinajstić information content (AvgIpc) is 2.80. The zero-order valence-electron chi connectivity index (χ0n) is 11.8. The second kappa shape index (κ2) is 6.58. The molecule has 0 aromatic carbocycles. The third-order valence-electron chi connectivity index (χ3n) is 2.61. The van der Waals surface area contributed by atoms with Crippen LogP contribution in [-0.4, -0.2) is 23.6 Å². The van der Waals surface area contributed by atoms with Crippen LogP contribution in [0.3, 0.4) is 0 Å². The van der Waals surface area contributed by atoms with Crippen LogP contribution in [0.2, 0.25) is 0 Å². The summed E-state index contributed by atoms with van der Waals surface area (Å²) in [5, 5.41) is 12.7. The van der Waals surface area contributed by atoms with E-state index in [9.17, 15) is 4.79 Å². The molecule has 0 aliphatic heterocycles. The Kier molecular flexibility index (Phi) is 5.37. The molecule has 0 fully saturated rings. The summed E-state index contributed by atoms with van der Waals surface area (Å²) in [4.78, 5) is 13.7. The van der Waals surface area contributed by atoms with E-state index in [2.05, 4.69) is 6.07 Å². The molecule has 5 heteroatoms. The van der Waals surface area contributed by atoms with Gasteiger partial charge in [0.2, 0.25) is 0 Å². The Morgan fingerprint density at radius 1 is 1.58 bits per heavy atom. The summed E-state index contributed by atoms with van der Waals surface area (Å²) in [5.74, 6) is 0. The number of nitriles is 1. The summed E-state index contributed by atoms with van der Waals surface area (Å²) < 4.78 is 5.37. The lowest BCUT2D eigenvalue weighted by Gasteiger charge is -2.30. The highest BCUT2D eigenvalue weighted by Gasteiger charge is 2.26. The van der Waals surface area contributed by atoms with Crippen LogP contribution in [0, 0.1) is 11.3 Å². The Bertz CT molecular complexity index is 443. The summed E-state index contributed by atoms with van der Waals surface area (Å²) >= 11 is 1.58. The SMILES string of the molecule is CN(C(=O)OC(C)(C)C)C(CCC#N)c1ccsc1. The zero-order chi connectivity index (χ0) is 14.5. The highest BCUT2D eigenvalue weighted by Crippen LogP contribution is 2.27. The number of carbonyl (C=O) groups excluding carboxylic acids is 1. The lowest BCUT2D eigenvalue weighted by Crippen LogP contribution is -2.36. The maximum atomic E-state index is 12.1. The second-order valence-corrected chi connectivity index (χ2v) is 6.14. The van der Waals surface area contributed by atoms with Crippen molar-refractivity contribution >= 4 is 17.4 Å². The van der Waals surface area contributed by atoms with Gasteiger partial charge in [-0.1, -0.05) is 0 Å². The minimum absolute atomic E-state index is 0.110. The molecular formula is C14H20N2O2S. The standard InChI is InChI=1S/C14H20N2O2S/c1-14(2,3)18-13(17)16(4)12(6-5-8-15)11-7-9-19-10-11/h7,9-10,12H,5-6H2,1-4H3. The van der Waals surface area contributed by atoms with Gasteiger partial charge in [0.05, 0.1) is 12.1 Å². The van der Waals surface area contributed by atoms with E-state index in [-0.39, 0.29) is 12.1 Å². The van der Waals surface area contributed by atoms with E-state index < -0.39 is 5.60 Å². The van der Waals surface area contributed by atoms with Crippen molar-refractivity contribution in [2.75, 3.05) is 7.05 Å². The fourth-order valence-corrected chi connectivity index (χ4v) is 2.42. The Labute approximate surface area is 118 Å². The summed E-state index contributed by atoms with van der Waals surface area (Å²) in [6, 6.07) is 4.00. The molecule has 1 aromatic rings. The van der Waals surface area contributed by atoms with Gasteiger partial charge in [0.1, 0.15) is 5.60 Å². The lowest BCUT2D eigenvalue weighted by atomic mass is 10.0. The van der Waals surface area contributed by atoms with Crippen molar-refractivity contribution in [3.8, 4) is 6.07 Å². The van der Waals surface area contributed by atoms with E-state index in [0.717, 1.165) is 5.56 Å². The molecule has 0 radical (unpaired) electrons. The van der Waals surface area contributed by atoms with Gasteiger partial charge >= 0.3 is 6.09 Å². The molecule has 0 saturated carbocycles. The molecule has 0 spiro atoms. The van der Waals surface area contributed by atoms with Crippen LogP contribution in [0.25, 0.3) is 0 Å². The molecule has 0 N–H and O–H groups in total. The Hall–Kier alpha value is -1.54. The van der Waals surface area contributed by atoms with Gasteiger partial charge in [0.15, 0.2) is 0 Å². The maximum Gasteiger partial charge on any atom is 0.410 e. The van der Waals surface area contributed by atoms with Crippen molar-refractivity contribution in [1.82, 2.24) is 4.90 Å². The monoisotopic (exact) mass is 280 g/mol. The van der Waals surface area contributed by atoms with Gasteiger partial charge in [-0.25, -0.2) is 4.79 Å². The summed E-state index contributed by atoms with van der Waals surface area (Å²) in [5.41, 5.74) is 0.536. The molecule has 0 aliphatic rings. The number of rotatable bonds is 4. The molecule has 1 atom stereocenters. The van der Waals surface area contributed by atoms with Crippen LogP contribution < -0.4 is 0 Å². The molecule has 1 aromatic heterocycles. The van der Waals surface area contributed by atoms with Crippen LogP contribution in [-0.2, 0) is 4.74 Å². The molecule has 19 heavy (non-hydrogen) atoms. The van der Waals surface area contributed by atoms with E-state index in [0.29, 0.717) is 12.8 Å². The van der Waals surface area contributed by atoms with E-state index >= 15 is 0 Å². The van der Waals surface area contributed by atoms with Gasteiger partial charge in [-0.05, 0) is 49.6 Å². The first-order chi connectivity index (χ1) is 8.85. The molecule has 0 aliphatic carbocycles. The first kappa shape index (κ1) is 15.5. The number of hydrogen-bond donors (Lipinski definition) is 0. The minimum Gasteiger partial charge on any atom is -0.444 e. The fraction of sp³-hybridized carbons (Fsp3) is 0.571. The van der Waals surface area contributed by atoms with Crippen molar-refractivity contribution in [2.24, 2.45) is 0 Å². The molecular weight excluding hydrogens is 260 g/mol. The zero-order valence-corrected chi connectivity index (χ0v) is 12.7. The quantitative estimate of drug-likeness (QED) is 0.838. The number of thiophene rings is 1. The third kappa shape index (κ3) is 4.92. The molecule has 104 valence electrons. The van der Waals surface area contributed by atoms with Crippen LogP contribution in [0.15, 0.2) is 16.8 Å². The summed E-state index contributed by atoms with van der Waals surface area (Å²) in [6.45, 7) is 5.52. The van der Waals surface area contributed by atoms with Gasteiger partial charge in [-0.3, -0.25) is 0 Å². The Morgan fingerprint density at radius 3 is 2.74 bits per heavy atom. The number of amides is 1. The van der Waals surface area contributed by atoms with E-state index in [1.54, 1.807) is 23.3 Å². The topological polar surface area (TPSA) is 53.3 Å². The highest BCUT2D eigenvalue weighted by molar-refractivity contribution is 7.07. The van der Waals surface area contributed by atoms with Crippen LogP contribution in [0.4, 0.5) is 4.79 Å². The Balaban J connectivity index is 2.80. The molecule has 1 unspecified atom stereocenters. The first-order valence-electron chi connectivity index (χ1n) is 6.20. The van der Waals surface area contributed by atoms with Crippen molar-refractivity contribution in [2.45, 2.75) is 45.3 Å². The number of ether oxygens (including phenoxy) is 1. The van der Waals surface area contributed by atoms with Crippen LogP contribution in [0.5, 0.6) is 0 Å². The van der Waals surface area contributed by atoms with Gasteiger partial charge < -0.3 is 9.64 Å². The molecule has 1 heterocycles. The largest absolute Gasteiger partial charge is 0.444 e. The van der Waals surface area contributed by atoms with Gasteiger partial charge in [-0.15, -0.1) is 0 Å². The number of hydrogen-bond acceptors (Lipinski definition) is 4. The third-order valence-corrected chi connectivity index (χ3v) is 3.31. The van der Waals surface area contributed by atoms with Crippen molar-refractivity contribution in [3.05, 3.63) is 22.4 Å². The molecule has 4 nitrogen and oxygen atoms in total. The van der Waals surface area contributed by atoms with E-state index in [1.807, 2.05) is 37.6 Å². The van der Waals surface area contributed by atoms with Crippen molar-refractivity contribution < 1.29 is 9.53 Å². The normalized spacial score (nSPS) is 12.6. The Morgan fingerprint density at radius 2 is 2.26 bits per heavy atom. The van der Waals surface area contributed by atoms with Crippen molar-refractivity contribution in [1.29, 1.82) is 5.26 Å². The lowest BCUT2D eigenvalue weighted by molar-refractivity contribution is 0.0213. The second-order valence-electron chi connectivity index (χ2n) is 5.36. The highest BCUT2D eigenvalue weighted by atomic mass is 32.1. The predicted octanol–water partition coefficient (Wildman–Crippen LogP) is 3.96. The number of nitrogens with zero attached hydrogens (tertiary/aromatic N) is 2. The van der Waals surface area contributed by atoms with Crippen LogP contribution >= 0.6 is 11.3 Å². The van der Waals surface area contributed by atoms with Crippen LogP contribution in [0.1, 0.15) is 45.2 Å². The van der Waals surface area contributed by atoms with Gasteiger partial charge in [-0.2, -0.15) is 16.6 Å². The summed E-state index contributed by atoms with van der Waals surface area (Å²) in [6.07, 6.45) is 0.665. The molecule has 1 amide bonds. The van der Waals surface area contributed by atoms with E-state index in [4.69, 9.17) is 10.00 Å². The molecule has 0 saturated heterocycles. The molecule has 0 bridgehead atoms. The smallest absolute Gasteiger partial charge is 0.410 e. The molecule has 1 rings (SSSR count). The van der Waals surface area contributed by atoms with Crippen molar-refractivity contribution in [3.63, 3.8) is 0 Å². The van der Waals surface area contributed by atoms with Gasteiger partial charge in [0, 0.05) is 13.5 Å². The predicted molar refractivity (Wildman–Crippen MR) is 75.9 cm³/mol. The van der Waals surface area contributed by atoms with E-state index in [1.165, 1.54) is 0 Å². The maximum absolute atomic E-state index is 12.1. The first-order valence-corrected chi connectivity index (χ1v) is 7.14. The number of carbonyl (C=O) groups is 1.